The number of carbonyl (C=O) groups is 1. The lowest BCUT2D eigenvalue weighted by molar-refractivity contribution is -0.142. The van der Waals surface area contributed by atoms with Gasteiger partial charge in [-0.2, -0.15) is 0 Å². The van der Waals surface area contributed by atoms with Crippen molar-refractivity contribution in [3.8, 4) is 0 Å². The lowest BCUT2D eigenvalue weighted by Crippen LogP contribution is -2.21. The summed E-state index contributed by atoms with van der Waals surface area (Å²) in [4.78, 5) is 24.9. The fourth-order valence-electron chi connectivity index (χ4n) is 1.24. The highest BCUT2D eigenvalue weighted by molar-refractivity contribution is 14.1. The molecule has 0 saturated heterocycles. The number of hydrogen-bond acceptors (Lipinski definition) is 3. The first-order chi connectivity index (χ1) is 7.97. The van der Waals surface area contributed by atoms with Crippen molar-refractivity contribution in [1.29, 1.82) is 0 Å². The van der Waals surface area contributed by atoms with E-state index in [0.717, 1.165) is 6.20 Å². The second kappa shape index (κ2) is 6.08. The highest BCUT2D eigenvalue weighted by Gasteiger charge is 2.19. The maximum Gasteiger partial charge on any atom is 0.310 e. The third-order valence-corrected chi connectivity index (χ3v) is 3.29. The SMILES string of the molecule is CCOC(=O)Cc1c(I)c(C(F)F)c[nH]c1=O. The van der Waals surface area contributed by atoms with Crippen molar-refractivity contribution in [1.82, 2.24) is 4.98 Å². The number of pyridine rings is 1. The van der Waals surface area contributed by atoms with Gasteiger partial charge in [0.15, 0.2) is 0 Å². The van der Waals surface area contributed by atoms with Gasteiger partial charge in [-0.1, -0.05) is 0 Å². The van der Waals surface area contributed by atoms with E-state index in [-0.39, 0.29) is 27.7 Å². The first-order valence-electron chi connectivity index (χ1n) is 4.81. The molecule has 0 spiro atoms. The van der Waals surface area contributed by atoms with E-state index >= 15 is 0 Å². The molecular weight excluding hydrogens is 347 g/mol. The third-order valence-electron chi connectivity index (χ3n) is 2.01. The zero-order chi connectivity index (χ0) is 13.0. The van der Waals surface area contributed by atoms with E-state index in [0.29, 0.717) is 0 Å². The van der Waals surface area contributed by atoms with Crippen molar-refractivity contribution in [2.24, 2.45) is 0 Å². The number of rotatable bonds is 4. The second-order valence-electron chi connectivity index (χ2n) is 3.15. The van der Waals surface area contributed by atoms with E-state index < -0.39 is 18.0 Å². The Bertz CT molecular complexity index is 473. The standard InChI is InChI=1S/C10H10F2INO3/c1-2-17-7(15)3-5-8(13)6(9(11)12)4-14-10(5)16/h4,9H,2-3H2,1H3,(H,14,16). The summed E-state index contributed by atoms with van der Waals surface area (Å²) in [6.07, 6.45) is -2.04. The fourth-order valence-corrected chi connectivity index (χ4v) is 2.07. The van der Waals surface area contributed by atoms with Gasteiger partial charge in [-0.15, -0.1) is 0 Å². The summed E-state index contributed by atoms with van der Waals surface area (Å²) >= 11 is 1.64. The van der Waals surface area contributed by atoms with Gasteiger partial charge >= 0.3 is 5.97 Å². The van der Waals surface area contributed by atoms with E-state index in [1.165, 1.54) is 0 Å². The number of aromatic nitrogens is 1. The Balaban J connectivity index is 3.10. The predicted molar refractivity (Wildman–Crippen MR) is 65.1 cm³/mol. The third kappa shape index (κ3) is 3.48. The summed E-state index contributed by atoms with van der Waals surface area (Å²) in [7, 11) is 0. The molecule has 0 amide bonds. The zero-order valence-electron chi connectivity index (χ0n) is 8.93. The molecule has 0 aromatic carbocycles. The molecule has 1 aromatic rings. The lowest BCUT2D eigenvalue weighted by atomic mass is 10.1. The number of esters is 1. The molecule has 7 heteroatoms. The molecule has 0 aliphatic rings. The quantitative estimate of drug-likeness (QED) is 0.663. The molecular formula is C10H10F2INO3. The van der Waals surface area contributed by atoms with Crippen LogP contribution in [-0.2, 0) is 16.0 Å². The minimum atomic E-state index is -2.69. The summed E-state index contributed by atoms with van der Waals surface area (Å²) in [5.41, 5.74) is -0.821. The van der Waals surface area contributed by atoms with Gasteiger partial charge < -0.3 is 9.72 Å². The molecule has 17 heavy (non-hydrogen) atoms. The number of halogens is 3. The normalized spacial score (nSPS) is 10.6. The average molecular weight is 357 g/mol. The van der Waals surface area contributed by atoms with Crippen LogP contribution in [0.4, 0.5) is 8.78 Å². The molecule has 0 bridgehead atoms. The summed E-state index contributed by atoms with van der Waals surface area (Å²) in [6, 6.07) is 0. The highest BCUT2D eigenvalue weighted by Crippen LogP contribution is 2.24. The summed E-state index contributed by atoms with van der Waals surface area (Å²) in [5, 5.41) is 0. The van der Waals surface area contributed by atoms with Gasteiger partial charge in [0.25, 0.3) is 12.0 Å². The number of hydrogen-bond donors (Lipinski definition) is 1. The number of aromatic amines is 1. The lowest BCUT2D eigenvalue weighted by Gasteiger charge is -2.08. The molecule has 1 aromatic heterocycles. The second-order valence-corrected chi connectivity index (χ2v) is 4.23. The van der Waals surface area contributed by atoms with Gasteiger partial charge in [0.1, 0.15) is 0 Å². The molecule has 0 fully saturated rings. The van der Waals surface area contributed by atoms with E-state index in [2.05, 4.69) is 9.72 Å². The van der Waals surface area contributed by atoms with Crippen LogP contribution < -0.4 is 5.56 Å². The Hall–Kier alpha value is -0.990. The van der Waals surface area contributed by atoms with Crippen LogP contribution in [0.5, 0.6) is 0 Å². The predicted octanol–water partition coefficient (Wildman–Crippen LogP) is 2.02. The molecule has 1 heterocycles. The highest BCUT2D eigenvalue weighted by atomic mass is 127. The fraction of sp³-hybridized carbons (Fsp3) is 0.400. The van der Waals surface area contributed by atoms with Gasteiger partial charge in [0, 0.05) is 20.9 Å². The largest absolute Gasteiger partial charge is 0.466 e. The molecule has 0 atom stereocenters. The number of nitrogens with one attached hydrogen (secondary N) is 1. The van der Waals surface area contributed by atoms with Crippen LogP contribution in [0.2, 0.25) is 0 Å². The first kappa shape index (κ1) is 14.1. The van der Waals surface area contributed by atoms with Crippen LogP contribution in [0.3, 0.4) is 0 Å². The Morgan fingerprint density at radius 1 is 1.59 bits per heavy atom. The van der Waals surface area contributed by atoms with E-state index in [9.17, 15) is 18.4 Å². The number of carbonyl (C=O) groups excluding carboxylic acids is 1. The molecule has 0 saturated carbocycles. The van der Waals surface area contributed by atoms with E-state index in [1.807, 2.05) is 0 Å². The molecule has 0 unspecified atom stereocenters. The summed E-state index contributed by atoms with van der Waals surface area (Å²) < 4.78 is 29.9. The smallest absolute Gasteiger partial charge is 0.310 e. The molecule has 94 valence electrons. The van der Waals surface area contributed by atoms with Crippen LogP contribution in [0, 0.1) is 3.57 Å². The van der Waals surface area contributed by atoms with Crippen LogP contribution in [0.1, 0.15) is 24.5 Å². The number of alkyl halides is 2. The number of ether oxygens (including phenoxy) is 1. The van der Waals surface area contributed by atoms with Gasteiger partial charge in [0.05, 0.1) is 13.0 Å². The van der Waals surface area contributed by atoms with Crippen molar-refractivity contribution < 1.29 is 18.3 Å². The van der Waals surface area contributed by atoms with Gasteiger partial charge in [0.2, 0.25) is 0 Å². The van der Waals surface area contributed by atoms with Gasteiger partial charge in [-0.05, 0) is 29.5 Å². The van der Waals surface area contributed by atoms with Gasteiger partial charge in [-0.25, -0.2) is 8.78 Å². The maximum atomic E-state index is 12.6. The van der Waals surface area contributed by atoms with Crippen LogP contribution in [0.15, 0.2) is 11.0 Å². The van der Waals surface area contributed by atoms with Crippen molar-refractivity contribution in [2.75, 3.05) is 6.61 Å². The Kier molecular flexibility index (Phi) is 5.03. The molecule has 1 rings (SSSR count). The zero-order valence-corrected chi connectivity index (χ0v) is 11.1. The minimum Gasteiger partial charge on any atom is -0.466 e. The van der Waals surface area contributed by atoms with Gasteiger partial charge in [-0.3, -0.25) is 9.59 Å². The molecule has 1 N–H and O–H groups in total. The summed E-state index contributed by atoms with van der Waals surface area (Å²) in [6.45, 7) is 1.81. The van der Waals surface area contributed by atoms with Crippen molar-refractivity contribution >= 4 is 28.6 Å². The maximum absolute atomic E-state index is 12.6. The monoisotopic (exact) mass is 357 g/mol. The molecule has 0 aliphatic heterocycles. The van der Waals surface area contributed by atoms with Crippen molar-refractivity contribution in [2.45, 2.75) is 19.8 Å². The Morgan fingerprint density at radius 3 is 2.76 bits per heavy atom. The Labute approximate surface area is 110 Å². The molecule has 0 radical (unpaired) electrons. The minimum absolute atomic E-state index is 0.0156. The van der Waals surface area contributed by atoms with E-state index in [4.69, 9.17) is 0 Å². The van der Waals surface area contributed by atoms with Crippen molar-refractivity contribution in [3.05, 3.63) is 31.2 Å². The first-order valence-corrected chi connectivity index (χ1v) is 5.89. The average Bonchev–Trinajstić information content (AvgIpc) is 2.24. The van der Waals surface area contributed by atoms with E-state index in [1.54, 1.807) is 29.5 Å². The Morgan fingerprint density at radius 2 is 2.24 bits per heavy atom. The number of H-pyrrole nitrogens is 1. The van der Waals surface area contributed by atoms with Crippen LogP contribution in [0.25, 0.3) is 0 Å². The molecule has 0 aliphatic carbocycles. The van der Waals surface area contributed by atoms with Crippen LogP contribution >= 0.6 is 22.6 Å². The molecule has 4 nitrogen and oxygen atoms in total. The van der Waals surface area contributed by atoms with Crippen molar-refractivity contribution in [3.63, 3.8) is 0 Å². The van der Waals surface area contributed by atoms with Crippen LogP contribution in [-0.4, -0.2) is 17.6 Å². The topological polar surface area (TPSA) is 59.2 Å². The summed E-state index contributed by atoms with van der Waals surface area (Å²) in [5.74, 6) is -0.609.